The van der Waals surface area contributed by atoms with Gasteiger partial charge in [0.2, 0.25) is 0 Å². The monoisotopic (exact) mass is 490 g/mol. The molecule has 192 valence electrons. The first kappa shape index (κ1) is 26.4. The summed E-state index contributed by atoms with van der Waals surface area (Å²) in [6, 6.07) is 15.8. The van der Waals surface area contributed by atoms with Crippen LogP contribution < -0.4 is 4.74 Å². The van der Waals surface area contributed by atoms with E-state index in [-0.39, 0.29) is 5.39 Å². The van der Waals surface area contributed by atoms with Crippen LogP contribution in [0.15, 0.2) is 60.7 Å². The molecule has 1 nitrogen and oxygen atoms in total. The maximum atomic E-state index is 14.9. The number of unbranched alkanes of at least 4 members (excludes halogenated alkanes) is 2. The topological polar surface area (TPSA) is 9.23 Å². The number of rotatable bonds is 11. The number of hydrogen-bond donors (Lipinski definition) is 0. The SMILES string of the molecule is CC=CCOc1ccc2cc(CCc3ccc(C4CCC(CCCCC)CC4)cc3)c(F)c(F)c2c1. The molecule has 3 aromatic rings. The second-order valence-electron chi connectivity index (χ2n) is 10.4. The summed E-state index contributed by atoms with van der Waals surface area (Å²) in [6.45, 7) is 4.59. The van der Waals surface area contributed by atoms with E-state index in [4.69, 9.17) is 4.74 Å². The van der Waals surface area contributed by atoms with E-state index in [1.165, 1.54) is 62.5 Å². The highest BCUT2D eigenvalue weighted by atomic mass is 19.2. The fourth-order valence-corrected chi connectivity index (χ4v) is 5.58. The van der Waals surface area contributed by atoms with E-state index in [1.54, 1.807) is 18.2 Å². The van der Waals surface area contributed by atoms with Crippen molar-refractivity contribution in [1.82, 2.24) is 0 Å². The molecule has 36 heavy (non-hydrogen) atoms. The highest BCUT2D eigenvalue weighted by molar-refractivity contribution is 5.85. The van der Waals surface area contributed by atoms with E-state index >= 15 is 0 Å². The third-order valence-corrected chi connectivity index (χ3v) is 7.84. The molecular formula is C33H40F2O. The van der Waals surface area contributed by atoms with E-state index in [0.29, 0.717) is 42.1 Å². The lowest BCUT2D eigenvalue weighted by Crippen LogP contribution is -2.13. The van der Waals surface area contributed by atoms with Crippen LogP contribution in [0.1, 0.15) is 87.8 Å². The summed E-state index contributed by atoms with van der Waals surface area (Å²) < 4.78 is 35.4. The van der Waals surface area contributed by atoms with Gasteiger partial charge in [0.05, 0.1) is 0 Å². The summed E-state index contributed by atoms with van der Waals surface area (Å²) in [6.07, 6.45) is 15.7. The average Bonchev–Trinajstić information content (AvgIpc) is 2.91. The van der Waals surface area contributed by atoms with Gasteiger partial charge in [0.1, 0.15) is 12.4 Å². The lowest BCUT2D eigenvalue weighted by molar-refractivity contribution is 0.303. The normalized spacial score (nSPS) is 18.2. The number of aryl methyl sites for hydroxylation is 2. The number of ether oxygens (including phenoxy) is 1. The minimum Gasteiger partial charge on any atom is -0.490 e. The molecule has 0 saturated heterocycles. The van der Waals surface area contributed by atoms with Crippen molar-refractivity contribution in [1.29, 1.82) is 0 Å². The average molecular weight is 491 g/mol. The van der Waals surface area contributed by atoms with E-state index < -0.39 is 11.6 Å². The number of hydrogen-bond acceptors (Lipinski definition) is 1. The molecule has 0 radical (unpaired) electrons. The third kappa shape index (κ3) is 6.75. The largest absolute Gasteiger partial charge is 0.490 e. The molecule has 0 N–H and O–H groups in total. The Hall–Kier alpha value is -2.68. The number of halogens is 2. The van der Waals surface area contributed by atoms with Crippen molar-refractivity contribution in [2.75, 3.05) is 6.61 Å². The number of fused-ring (bicyclic) bond motifs is 1. The Labute approximate surface area is 215 Å². The van der Waals surface area contributed by atoms with Gasteiger partial charge in [0.15, 0.2) is 11.6 Å². The van der Waals surface area contributed by atoms with Gasteiger partial charge in [-0.15, -0.1) is 0 Å². The van der Waals surface area contributed by atoms with Crippen LogP contribution in [0.2, 0.25) is 0 Å². The van der Waals surface area contributed by atoms with Crippen LogP contribution in [0.4, 0.5) is 8.78 Å². The van der Waals surface area contributed by atoms with Crippen LogP contribution >= 0.6 is 0 Å². The first-order valence-electron chi connectivity index (χ1n) is 13.8. The van der Waals surface area contributed by atoms with Crippen molar-refractivity contribution in [3.05, 3.63) is 89.0 Å². The lowest BCUT2D eigenvalue weighted by atomic mass is 9.77. The summed E-state index contributed by atoms with van der Waals surface area (Å²) in [4.78, 5) is 0. The number of allylic oxidation sites excluding steroid dienone is 1. The van der Waals surface area contributed by atoms with Crippen molar-refractivity contribution >= 4 is 10.8 Å². The first-order valence-corrected chi connectivity index (χ1v) is 13.8. The van der Waals surface area contributed by atoms with Gasteiger partial charge in [-0.25, -0.2) is 8.78 Å². The van der Waals surface area contributed by atoms with Gasteiger partial charge >= 0.3 is 0 Å². The van der Waals surface area contributed by atoms with Gasteiger partial charge in [-0.2, -0.15) is 0 Å². The van der Waals surface area contributed by atoms with E-state index in [9.17, 15) is 8.78 Å². The standard InChI is InChI=1S/C33H40F2O/c1-3-5-7-8-24-9-14-26(15-10-24)27-16-11-25(12-17-27)13-18-29-22-28-19-20-30(36-21-6-4-2)23-31(28)33(35)32(29)34/h4,6,11-12,16-17,19-20,22-24,26H,3,5,7-10,13-15,18,21H2,1-2H3. The predicted octanol–water partition coefficient (Wildman–Crippen LogP) is 9.71. The molecule has 0 aliphatic heterocycles. The van der Waals surface area contributed by atoms with Crippen molar-refractivity contribution in [3.63, 3.8) is 0 Å². The fraction of sp³-hybridized carbons (Fsp3) is 0.455. The Morgan fingerprint density at radius 1 is 0.889 bits per heavy atom. The Morgan fingerprint density at radius 3 is 2.39 bits per heavy atom. The second kappa shape index (κ2) is 13.0. The Balaban J connectivity index is 1.35. The molecule has 0 atom stereocenters. The highest BCUT2D eigenvalue weighted by Crippen LogP contribution is 2.38. The van der Waals surface area contributed by atoms with E-state index in [0.717, 1.165) is 5.92 Å². The van der Waals surface area contributed by atoms with Gasteiger partial charge in [-0.3, -0.25) is 0 Å². The zero-order chi connectivity index (χ0) is 25.3. The van der Waals surface area contributed by atoms with Crippen LogP contribution in [0.5, 0.6) is 5.75 Å². The highest BCUT2D eigenvalue weighted by Gasteiger charge is 2.22. The van der Waals surface area contributed by atoms with Gasteiger partial charge in [0.25, 0.3) is 0 Å². The smallest absolute Gasteiger partial charge is 0.167 e. The van der Waals surface area contributed by atoms with Gasteiger partial charge in [-0.05, 0) is 97.6 Å². The maximum absolute atomic E-state index is 14.9. The Bertz CT molecular complexity index is 1140. The summed E-state index contributed by atoms with van der Waals surface area (Å²) in [7, 11) is 0. The fourth-order valence-electron chi connectivity index (χ4n) is 5.58. The predicted molar refractivity (Wildman–Crippen MR) is 147 cm³/mol. The Morgan fingerprint density at radius 2 is 1.67 bits per heavy atom. The van der Waals surface area contributed by atoms with Crippen LogP contribution in [0, 0.1) is 17.6 Å². The van der Waals surface area contributed by atoms with Crippen molar-refractivity contribution in [2.45, 2.75) is 84.0 Å². The molecule has 4 rings (SSSR count). The Kier molecular flexibility index (Phi) is 9.55. The van der Waals surface area contributed by atoms with Crippen molar-refractivity contribution in [3.8, 4) is 5.75 Å². The van der Waals surface area contributed by atoms with Crippen LogP contribution in [0.3, 0.4) is 0 Å². The quantitative estimate of drug-likeness (QED) is 0.192. The molecule has 0 aromatic heterocycles. The molecule has 1 aliphatic carbocycles. The van der Waals surface area contributed by atoms with Gasteiger partial charge in [-0.1, -0.05) is 75.1 Å². The lowest BCUT2D eigenvalue weighted by Gasteiger charge is -2.29. The molecule has 0 amide bonds. The molecule has 0 bridgehead atoms. The molecule has 0 spiro atoms. The molecular weight excluding hydrogens is 450 g/mol. The minimum atomic E-state index is -0.792. The van der Waals surface area contributed by atoms with Crippen molar-refractivity contribution in [2.24, 2.45) is 5.92 Å². The molecule has 1 saturated carbocycles. The second-order valence-corrected chi connectivity index (χ2v) is 10.4. The summed E-state index contributed by atoms with van der Waals surface area (Å²) in [5.74, 6) is 0.582. The number of benzene rings is 3. The van der Waals surface area contributed by atoms with Crippen LogP contribution in [-0.2, 0) is 12.8 Å². The zero-order valence-electron chi connectivity index (χ0n) is 21.9. The molecule has 0 heterocycles. The van der Waals surface area contributed by atoms with Gasteiger partial charge < -0.3 is 4.74 Å². The molecule has 0 unspecified atom stereocenters. The first-order chi connectivity index (χ1) is 17.6. The maximum Gasteiger partial charge on any atom is 0.167 e. The molecule has 3 aromatic carbocycles. The van der Waals surface area contributed by atoms with Crippen LogP contribution in [0.25, 0.3) is 10.8 Å². The minimum absolute atomic E-state index is 0.263. The van der Waals surface area contributed by atoms with E-state index in [1.807, 2.05) is 25.1 Å². The molecule has 1 aliphatic rings. The molecule has 3 heteroatoms. The zero-order valence-corrected chi connectivity index (χ0v) is 21.9. The van der Waals surface area contributed by atoms with Crippen LogP contribution in [-0.4, -0.2) is 6.61 Å². The molecule has 1 fully saturated rings. The van der Waals surface area contributed by atoms with E-state index in [2.05, 4.69) is 31.2 Å². The summed E-state index contributed by atoms with van der Waals surface area (Å²) in [5.41, 5.74) is 3.02. The third-order valence-electron chi connectivity index (χ3n) is 7.84. The van der Waals surface area contributed by atoms with Gasteiger partial charge in [0, 0.05) is 5.39 Å². The summed E-state index contributed by atoms with van der Waals surface area (Å²) >= 11 is 0. The summed E-state index contributed by atoms with van der Waals surface area (Å²) in [5, 5.41) is 0.960. The van der Waals surface area contributed by atoms with Crippen molar-refractivity contribution < 1.29 is 13.5 Å².